The third-order valence-electron chi connectivity index (χ3n) is 2.23. The van der Waals surface area contributed by atoms with Crippen molar-refractivity contribution < 1.29 is 9.84 Å². The molecule has 0 fully saturated rings. The fourth-order valence-electron chi connectivity index (χ4n) is 1.33. The number of para-hydroxylation sites is 1. The molecular weight excluding hydrogens is 176 g/mol. The topological polar surface area (TPSA) is 29.5 Å². The molecule has 0 aliphatic rings. The van der Waals surface area contributed by atoms with Crippen LogP contribution in [0.25, 0.3) is 0 Å². The van der Waals surface area contributed by atoms with Crippen molar-refractivity contribution in [2.75, 3.05) is 0 Å². The van der Waals surface area contributed by atoms with Crippen molar-refractivity contribution in [1.29, 1.82) is 0 Å². The Bertz CT molecular complexity index is 256. The zero-order valence-electron chi connectivity index (χ0n) is 8.97. The Balaban J connectivity index is 2.53. The second-order valence-electron chi connectivity index (χ2n) is 3.87. The molecule has 0 unspecified atom stereocenters. The minimum Gasteiger partial charge on any atom is -0.488 e. The number of rotatable bonds is 4. The largest absolute Gasteiger partial charge is 0.488 e. The normalized spacial score (nSPS) is 15.2. The molecule has 0 aromatic heterocycles. The molecule has 14 heavy (non-hydrogen) atoms. The van der Waals surface area contributed by atoms with E-state index in [-0.39, 0.29) is 12.0 Å². The van der Waals surface area contributed by atoms with Crippen LogP contribution < -0.4 is 4.74 Å². The number of aliphatic hydroxyl groups is 1. The average molecular weight is 194 g/mol. The van der Waals surface area contributed by atoms with Crippen LogP contribution in [-0.4, -0.2) is 17.3 Å². The summed E-state index contributed by atoms with van der Waals surface area (Å²) >= 11 is 0. The first-order valence-electron chi connectivity index (χ1n) is 5.01. The van der Waals surface area contributed by atoms with Crippen molar-refractivity contribution in [3.05, 3.63) is 30.3 Å². The predicted molar refractivity (Wildman–Crippen MR) is 57.4 cm³/mol. The van der Waals surface area contributed by atoms with E-state index in [2.05, 4.69) is 0 Å². The zero-order valence-corrected chi connectivity index (χ0v) is 8.97. The van der Waals surface area contributed by atoms with E-state index in [1.807, 2.05) is 51.1 Å². The van der Waals surface area contributed by atoms with E-state index < -0.39 is 6.10 Å². The highest BCUT2D eigenvalue weighted by atomic mass is 16.5. The van der Waals surface area contributed by atoms with Gasteiger partial charge in [-0.15, -0.1) is 0 Å². The first kappa shape index (κ1) is 11.1. The lowest BCUT2D eigenvalue weighted by Crippen LogP contribution is -2.32. The maximum absolute atomic E-state index is 9.73. The van der Waals surface area contributed by atoms with E-state index in [9.17, 15) is 5.11 Å². The number of hydrogen-bond acceptors (Lipinski definition) is 2. The standard InChI is InChI=1S/C12H18O2/c1-9(2)12(13)10(3)14-11-7-5-4-6-8-11/h4-10,12-13H,1-3H3/t10-,12-/m0/s1. The third-order valence-corrected chi connectivity index (χ3v) is 2.23. The molecule has 1 aromatic carbocycles. The van der Waals surface area contributed by atoms with Crippen LogP contribution >= 0.6 is 0 Å². The van der Waals surface area contributed by atoms with Crippen molar-refractivity contribution >= 4 is 0 Å². The van der Waals surface area contributed by atoms with Gasteiger partial charge in [0.15, 0.2) is 0 Å². The van der Waals surface area contributed by atoms with E-state index in [0.717, 1.165) is 5.75 Å². The van der Waals surface area contributed by atoms with Crippen LogP contribution in [0.2, 0.25) is 0 Å². The van der Waals surface area contributed by atoms with Crippen LogP contribution in [0, 0.1) is 5.92 Å². The summed E-state index contributed by atoms with van der Waals surface area (Å²) in [6, 6.07) is 9.57. The first-order chi connectivity index (χ1) is 6.61. The number of benzene rings is 1. The molecule has 0 amide bonds. The van der Waals surface area contributed by atoms with E-state index in [1.165, 1.54) is 0 Å². The molecule has 0 spiro atoms. The van der Waals surface area contributed by atoms with Gasteiger partial charge in [-0.05, 0) is 25.0 Å². The number of ether oxygens (including phenoxy) is 1. The summed E-state index contributed by atoms with van der Waals surface area (Å²) in [5.41, 5.74) is 0. The highest BCUT2D eigenvalue weighted by molar-refractivity contribution is 5.21. The quantitative estimate of drug-likeness (QED) is 0.797. The van der Waals surface area contributed by atoms with Crippen molar-refractivity contribution in [1.82, 2.24) is 0 Å². The summed E-state index contributed by atoms with van der Waals surface area (Å²) in [7, 11) is 0. The molecule has 1 aromatic rings. The molecule has 2 nitrogen and oxygen atoms in total. The van der Waals surface area contributed by atoms with Gasteiger partial charge in [0.1, 0.15) is 11.9 Å². The molecule has 2 heteroatoms. The van der Waals surface area contributed by atoms with Gasteiger partial charge in [0, 0.05) is 0 Å². The summed E-state index contributed by atoms with van der Waals surface area (Å²) in [6.45, 7) is 5.85. The van der Waals surface area contributed by atoms with Crippen LogP contribution in [0.1, 0.15) is 20.8 Å². The monoisotopic (exact) mass is 194 g/mol. The number of hydrogen-bond donors (Lipinski definition) is 1. The Morgan fingerprint density at radius 2 is 1.64 bits per heavy atom. The lowest BCUT2D eigenvalue weighted by atomic mass is 10.0. The van der Waals surface area contributed by atoms with Crippen LogP contribution in [0.4, 0.5) is 0 Å². The Hall–Kier alpha value is -1.02. The Labute approximate surface area is 85.5 Å². The molecular formula is C12H18O2. The van der Waals surface area contributed by atoms with E-state index in [1.54, 1.807) is 0 Å². The molecule has 78 valence electrons. The first-order valence-corrected chi connectivity index (χ1v) is 5.01. The van der Waals surface area contributed by atoms with Crippen LogP contribution in [0.3, 0.4) is 0 Å². The maximum atomic E-state index is 9.73. The smallest absolute Gasteiger partial charge is 0.122 e. The van der Waals surface area contributed by atoms with Gasteiger partial charge in [-0.3, -0.25) is 0 Å². The van der Waals surface area contributed by atoms with Gasteiger partial charge in [0.2, 0.25) is 0 Å². The SMILES string of the molecule is CC(C)[C@H](O)[C@H](C)Oc1ccccc1. The Morgan fingerprint density at radius 1 is 1.07 bits per heavy atom. The lowest BCUT2D eigenvalue weighted by Gasteiger charge is -2.23. The summed E-state index contributed by atoms with van der Waals surface area (Å²) in [5, 5.41) is 9.73. The fourth-order valence-corrected chi connectivity index (χ4v) is 1.33. The van der Waals surface area contributed by atoms with Gasteiger partial charge in [-0.2, -0.15) is 0 Å². The summed E-state index contributed by atoms with van der Waals surface area (Å²) < 4.78 is 5.59. The van der Waals surface area contributed by atoms with Gasteiger partial charge in [-0.25, -0.2) is 0 Å². The molecule has 0 aliphatic carbocycles. The summed E-state index contributed by atoms with van der Waals surface area (Å²) in [6.07, 6.45) is -0.590. The van der Waals surface area contributed by atoms with Crippen LogP contribution in [0.5, 0.6) is 5.75 Å². The van der Waals surface area contributed by atoms with E-state index >= 15 is 0 Å². The van der Waals surface area contributed by atoms with Crippen LogP contribution in [0.15, 0.2) is 30.3 Å². The van der Waals surface area contributed by atoms with Gasteiger partial charge in [-0.1, -0.05) is 32.0 Å². The van der Waals surface area contributed by atoms with Gasteiger partial charge >= 0.3 is 0 Å². The van der Waals surface area contributed by atoms with Crippen molar-refractivity contribution in [2.45, 2.75) is 33.0 Å². The molecule has 1 N–H and O–H groups in total. The van der Waals surface area contributed by atoms with E-state index in [0.29, 0.717) is 0 Å². The fraction of sp³-hybridized carbons (Fsp3) is 0.500. The Morgan fingerprint density at radius 3 is 2.14 bits per heavy atom. The van der Waals surface area contributed by atoms with Crippen molar-refractivity contribution in [2.24, 2.45) is 5.92 Å². The van der Waals surface area contributed by atoms with Gasteiger partial charge in [0.25, 0.3) is 0 Å². The van der Waals surface area contributed by atoms with Crippen molar-refractivity contribution in [3.63, 3.8) is 0 Å². The minimum absolute atomic E-state index is 0.169. The molecule has 0 heterocycles. The average Bonchev–Trinajstić information content (AvgIpc) is 2.18. The van der Waals surface area contributed by atoms with Gasteiger partial charge < -0.3 is 9.84 Å². The molecule has 0 saturated carbocycles. The molecule has 1 rings (SSSR count). The Kier molecular flexibility index (Phi) is 3.96. The second kappa shape index (κ2) is 5.01. The summed E-state index contributed by atoms with van der Waals surface area (Å²) in [4.78, 5) is 0. The third kappa shape index (κ3) is 3.04. The van der Waals surface area contributed by atoms with E-state index in [4.69, 9.17) is 4.74 Å². The zero-order chi connectivity index (χ0) is 10.6. The highest BCUT2D eigenvalue weighted by Gasteiger charge is 2.18. The van der Waals surface area contributed by atoms with Crippen LogP contribution in [-0.2, 0) is 0 Å². The predicted octanol–water partition coefficient (Wildman–Crippen LogP) is 2.47. The second-order valence-corrected chi connectivity index (χ2v) is 3.87. The molecule has 0 radical (unpaired) electrons. The minimum atomic E-state index is -0.421. The molecule has 2 atom stereocenters. The molecule has 0 aliphatic heterocycles. The molecule has 0 bridgehead atoms. The molecule has 0 saturated heterocycles. The van der Waals surface area contributed by atoms with Crippen molar-refractivity contribution in [3.8, 4) is 5.75 Å². The highest BCUT2D eigenvalue weighted by Crippen LogP contribution is 2.15. The maximum Gasteiger partial charge on any atom is 0.122 e. The summed E-state index contributed by atoms with van der Waals surface area (Å²) in [5.74, 6) is 1.02. The number of aliphatic hydroxyl groups excluding tert-OH is 1. The van der Waals surface area contributed by atoms with Gasteiger partial charge in [0.05, 0.1) is 6.10 Å². The lowest BCUT2D eigenvalue weighted by molar-refractivity contribution is 0.0168.